The number of nitrogens with zero attached hydrogens (tertiary/aromatic N) is 1. The number of urea groups is 1. The molecule has 0 saturated heterocycles. The average molecular weight is 468 g/mol. The molecule has 1 atom stereocenters. The van der Waals surface area contributed by atoms with Gasteiger partial charge in [-0.15, -0.1) is 0 Å². The normalized spacial score (nSPS) is 15.7. The fraction of sp³-hybridized carbons (Fsp3) is 0.320. The molecule has 1 aliphatic heterocycles. The number of methoxy groups -OCH3 is 1. The van der Waals surface area contributed by atoms with Gasteiger partial charge in [-0.25, -0.2) is 9.59 Å². The topological polar surface area (TPSA) is 106 Å². The van der Waals surface area contributed by atoms with Crippen molar-refractivity contribution in [3.63, 3.8) is 0 Å². The Bertz CT molecular complexity index is 1040. The number of allylic oxidation sites excluding steroid dienone is 1. The molecule has 9 nitrogen and oxygen atoms in total. The zero-order valence-corrected chi connectivity index (χ0v) is 19.5. The number of carbonyl (C=O) groups is 3. The highest BCUT2D eigenvalue weighted by atomic mass is 16.6. The Kier molecular flexibility index (Phi) is 8.78. The zero-order valence-electron chi connectivity index (χ0n) is 19.5. The highest BCUT2D eigenvalue weighted by molar-refractivity contribution is 5.95. The zero-order chi connectivity index (χ0) is 24.5. The van der Waals surface area contributed by atoms with Crippen molar-refractivity contribution < 1.29 is 28.6 Å². The smallest absolute Gasteiger partial charge is 0.338 e. The average Bonchev–Trinajstić information content (AvgIpc) is 2.83. The summed E-state index contributed by atoms with van der Waals surface area (Å²) in [6, 6.07) is 15.5. The molecule has 0 saturated carbocycles. The monoisotopic (exact) mass is 467 g/mol. The maximum Gasteiger partial charge on any atom is 0.338 e. The van der Waals surface area contributed by atoms with Gasteiger partial charge >= 0.3 is 12.0 Å². The Morgan fingerprint density at radius 1 is 1.06 bits per heavy atom. The predicted octanol–water partition coefficient (Wildman–Crippen LogP) is 3.00. The number of rotatable bonds is 10. The summed E-state index contributed by atoms with van der Waals surface area (Å²) in [7, 11) is 3.10. The summed E-state index contributed by atoms with van der Waals surface area (Å²) < 4.78 is 15.7. The van der Waals surface area contributed by atoms with Gasteiger partial charge in [0, 0.05) is 25.5 Å². The number of amides is 3. The molecule has 3 rings (SSSR count). The van der Waals surface area contributed by atoms with Crippen LogP contribution in [0.5, 0.6) is 0 Å². The van der Waals surface area contributed by atoms with Crippen LogP contribution in [0.1, 0.15) is 24.1 Å². The van der Waals surface area contributed by atoms with Gasteiger partial charge in [0.05, 0.1) is 24.8 Å². The molecule has 1 unspecified atom stereocenters. The summed E-state index contributed by atoms with van der Waals surface area (Å²) in [6.45, 7) is 2.34. The van der Waals surface area contributed by atoms with E-state index in [9.17, 15) is 14.4 Å². The number of hydrogen-bond donors (Lipinski definition) is 2. The number of nitrogens with one attached hydrogen (secondary N) is 2. The van der Waals surface area contributed by atoms with E-state index in [0.717, 1.165) is 5.56 Å². The number of benzene rings is 2. The van der Waals surface area contributed by atoms with Crippen molar-refractivity contribution in [3.05, 3.63) is 77.0 Å². The second-order valence-corrected chi connectivity index (χ2v) is 7.72. The van der Waals surface area contributed by atoms with Crippen LogP contribution in [0, 0.1) is 0 Å². The number of anilines is 1. The third kappa shape index (κ3) is 6.43. The second-order valence-electron chi connectivity index (χ2n) is 7.72. The van der Waals surface area contributed by atoms with E-state index >= 15 is 0 Å². The lowest BCUT2D eigenvalue weighted by Crippen LogP contribution is -2.46. The van der Waals surface area contributed by atoms with Gasteiger partial charge in [-0.05, 0) is 30.2 Å². The molecule has 34 heavy (non-hydrogen) atoms. The quantitative estimate of drug-likeness (QED) is 0.411. The SMILES string of the molecule is COCCOC(=O)C1=C(C)N(C)C(=O)NC1c1ccc(NC(=O)COCc2ccccc2)cc1. The standard InChI is InChI=1S/C25H29N3O6/c1-17-22(24(30)34-14-13-32-3)23(27-25(31)28(17)2)19-9-11-20(12-10-19)26-21(29)16-33-15-18-7-5-4-6-8-18/h4-12,23H,13-16H2,1-3H3,(H,26,29)(H,27,31). The molecular formula is C25H29N3O6. The van der Waals surface area contributed by atoms with Crippen LogP contribution in [-0.2, 0) is 30.4 Å². The van der Waals surface area contributed by atoms with E-state index < -0.39 is 12.0 Å². The molecule has 0 aliphatic carbocycles. The maximum atomic E-state index is 12.8. The first kappa shape index (κ1) is 24.9. The van der Waals surface area contributed by atoms with Crippen molar-refractivity contribution in [2.75, 3.05) is 39.3 Å². The maximum absolute atomic E-state index is 12.8. The molecule has 1 heterocycles. The third-order valence-electron chi connectivity index (χ3n) is 5.37. The first-order valence-corrected chi connectivity index (χ1v) is 10.8. The van der Waals surface area contributed by atoms with Crippen molar-refractivity contribution in [3.8, 4) is 0 Å². The number of carbonyl (C=O) groups excluding carboxylic acids is 3. The van der Waals surface area contributed by atoms with Crippen molar-refractivity contribution in [1.29, 1.82) is 0 Å². The summed E-state index contributed by atoms with van der Waals surface area (Å²) in [5.74, 6) is -0.811. The van der Waals surface area contributed by atoms with E-state index in [0.29, 0.717) is 29.1 Å². The molecule has 2 N–H and O–H groups in total. The van der Waals surface area contributed by atoms with Crippen LogP contribution in [-0.4, -0.2) is 56.8 Å². The minimum Gasteiger partial charge on any atom is -0.460 e. The summed E-state index contributed by atoms with van der Waals surface area (Å²) in [5.41, 5.74) is 3.08. The second kappa shape index (κ2) is 12.0. The molecule has 1 aliphatic rings. The van der Waals surface area contributed by atoms with Gasteiger partial charge in [-0.1, -0.05) is 42.5 Å². The van der Waals surface area contributed by atoms with Gasteiger partial charge < -0.3 is 29.7 Å². The molecule has 0 spiro atoms. The molecule has 2 aromatic rings. The molecular weight excluding hydrogens is 438 g/mol. The van der Waals surface area contributed by atoms with E-state index in [-0.39, 0.29) is 31.8 Å². The first-order chi connectivity index (χ1) is 16.4. The van der Waals surface area contributed by atoms with Crippen molar-refractivity contribution in [2.24, 2.45) is 0 Å². The molecule has 0 fully saturated rings. The summed E-state index contributed by atoms with van der Waals surface area (Å²) in [4.78, 5) is 38.7. The minimum atomic E-state index is -0.683. The van der Waals surface area contributed by atoms with Gasteiger partial charge in [0.2, 0.25) is 5.91 Å². The molecule has 3 amide bonds. The number of esters is 1. The fourth-order valence-electron chi connectivity index (χ4n) is 3.44. The van der Waals surface area contributed by atoms with E-state index in [1.54, 1.807) is 38.2 Å². The Labute approximate surface area is 198 Å². The van der Waals surface area contributed by atoms with E-state index in [1.165, 1.54) is 12.0 Å². The van der Waals surface area contributed by atoms with Gasteiger partial charge in [0.1, 0.15) is 13.2 Å². The summed E-state index contributed by atoms with van der Waals surface area (Å²) in [6.07, 6.45) is 0. The highest BCUT2D eigenvalue weighted by Crippen LogP contribution is 2.31. The van der Waals surface area contributed by atoms with Crippen LogP contribution < -0.4 is 10.6 Å². The number of ether oxygens (including phenoxy) is 3. The number of hydrogen-bond acceptors (Lipinski definition) is 6. The van der Waals surface area contributed by atoms with Crippen molar-refractivity contribution in [1.82, 2.24) is 10.2 Å². The molecule has 0 bridgehead atoms. The Morgan fingerprint density at radius 2 is 1.76 bits per heavy atom. The van der Waals surface area contributed by atoms with E-state index in [1.807, 2.05) is 30.3 Å². The first-order valence-electron chi connectivity index (χ1n) is 10.8. The lowest BCUT2D eigenvalue weighted by Gasteiger charge is -2.33. The van der Waals surface area contributed by atoms with Gasteiger partial charge in [0.15, 0.2) is 0 Å². The third-order valence-corrected chi connectivity index (χ3v) is 5.37. The van der Waals surface area contributed by atoms with E-state index in [2.05, 4.69) is 10.6 Å². The predicted molar refractivity (Wildman–Crippen MR) is 126 cm³/mol. The molecule has 2 aromatic carbocycles. The van der Waals surface area contributed by atoms with Gasteiger partial charge in [0.25, 0.3) is 0 Å². The molecule has 180 valence electrons. The van der Waals surface area contributed by atoms with Crippen LogP contribution in [0.3, 0.4) is 0 Å². The van der Waals surface area contributed by atoms with E-state index in [4.69, 9.17) is 14.2 Å². The largest absolute Gasteiger partial charge is 0.460 e. The van der Waals surface area contributed by atoms with Crippen LogP contribution in [0.15, 0.2) is 65.9 Å². The van der Waals surface area contributed by atoms with Crippen LogP contribution in [0.4, 0.5) is 10.5 Å². The summed E-state index contributed by atoms with van der Waals surface area (Å²) in [5, 5.41) is 5.60. The van der Waals surface area contributed by atoms with Crippen LogP contribution >= 0.6 is 0 Å². The van der Waals surface area contributed by atoms with Crippen LogP contribution in [0.2, 0.25) is 0 Å². The Morgan fingerprint density at radius 3 is 2.44 bits per heavy atom. The highest BCUT2D eigenvalue weighted by Gasteiger charge is 2.35. The van der Waals surface area contributed by atoms with Gasteiger partial charge in [-0.3, -0.25) is 4.79 Å². The molecule has 9 heteroatoms. The lowest BCUT2D eigenvalue weighted by molar-refractivity contribution is -0.141. The minimum absolute atomic E-state index is 0.0823. The molecule has 0 radical (unpaired) electrons. The summed E-state index contributed by atoms with van der Waals surface area (Å²) >= 11 is 0. The molecule has 0 aromatic heterocycles. The fourth-order valence-corrected chi connectivity index (χ4v) is 3.44. The van der Waals surface area contributed by atoms with Crippen molar-refractivity contribution >= 4 is 23.6 Å². The van der Waals surface area contributed by atoms with Crippen LogP contribution in [0.25, 0.3) is 0 Å². The Hall–Kier alpha value is -3.69. The lowest BCUT2D eigenvalue weighted by atomic mass is 9.95. The van der Waals surface area contributed by atoms with Crippen molar-refractivity contribution in [2.45, 2.75) is 19.6 Å². The Balaban J connectivity index is 1.64. The van der Waals surface area contributed by atoms with Gasteiger partial charge in [-0.2, -0.15) is 0 Å².